The summed E-state index contributed by atoms with van der Waals surface area (Å²) in [4.78, 5) is 1.02. The van der Waals surface area contributed by atoms with Gasteiger partial charge in [-0.25, -0.2) is 8.42 Å². The van der Waals surface area contributed by atoms with E-state index in [1.54, 1.807) is 20.3 Å². The Kier molecular flexibility index (Phi) is 5.75. The van der Waals surface area contributed by atoms with Crippen LogP contribution in [0.25, 0.3) is 0 Å². The van der Waals surface area contributed by atoms with Gasteiger partial charge in [-0.3, -0.25) is 0 Å². The summed E-state index contributed by atoms with van der Waals surface area (Å²) in [5.41, 5.74) is 0. The van der Waals surface area contributed by atoms with Gasteiger partial charge in [0.1, 0.15) is 4.21 Å². The molecule has 2 unspecified atom stereocenters. The lowest BCUT2D eigenvalue weighted by Crippen LogP contribution is -2.29. The molecule has 0 aliphatic carbocycles. The van der Waals surface area contributed by atoms with Crippen LogP contribution in [0.15, 0.2) is 16.3 Å². The molecule has 21 heavy (non-hydrogen) atoms. The van der Waals surface area contributed by atoms with Crippen molar-refractivity contribution in [2.75, 3.05) is 33.9 Å². The van der Waals surface area contributed by atoms with Gasteiger partial charge in [0.2, 0.25) is 0 Å². The summed E-state index contributed by atoms with van der Waals surface area (Å²) < 4.78 is 37.7. The van der Waals surface area contributed by atoms with Crippen LogP contribution in [0.3, 0.4) is 0 Å². The zero-order chi connectivity index (χ0) is 15.5. The van der Waals surface area contributed by atoms with Gasteiger partial charge in [-0.15, -0.1) is 11.3 Å². The zero-order valence-corrected chi connectivity index (χ0v) is 14.2. The smallest absolute Gasteiger partial charge is 0.252 e. The minimum absolute atomic E-state index is 0.217. The van der Waals surface area contributed by atoms with Crippen molar-refractivity contribution in [1.82, 2.24) is 9.62 Å². The molecule has 0 bridgehead atoms. The van der Waals surface area contributed by atoms with Crippen molar-refractivity contribution in [3.8, 4) is 0 Å². The number of nitrogens with zero attached hydrogens (tertiary/aromatic N) is 1. The Morgan fingerprint density at radius 3 is 2.43 bits per heavy atom. The Morgan fingerprint density at radius 2 is 1.90 bits per heavy atom. The highest BCUT2D eigenvalue weighted by molar-refractivity contribution is 7.91. The summed E-state index contributed by atoms with van der Waals surface area (Å²) >= 11 is 1.31. The van der Waals surface area contributed by atoms with Crippen LogP contribution in [0.5, 0.6) is 0 Å². The maximum atomic E-state index is 12.6. The molecule has 1 aliphatic heterocycles. The van der Waals surface area contributed by atoms with Crippen LogP contribution in [0.4, 0.5) is 0 Å². The van der Waals surface area contributed by atoms with Crippen LogP contribution in [0.1, 0.15) is 11.8 Å². The fourth-order valence-electron chi connectivity index (χ4n) is 2.33. The van der Waals surface area contributed by atoms with Crippen LogP contribution in [0.2, 0.25) is 0 Å². The van der Waals surface area contributed by atoms with Crippen molar-refractivity contribution >= 4 is 21.4 Å². The minimum Gasteiger partial charge on any atom is -0.377 e. The number of methoxy groups -OCH3 is 2. The van der Waals surface area contributed by atoms with Gasteiger partial charge in [-0.2, -0.15) is 4.31 Å². The van der Waals surface area contributed by atoms with Gasteiger partial charge in [0.25, 0.3) is 10.0 Å². The zero-order valence-electron chi connectivity index (χ0n) is 12.5. The van der Waals surface area contributed by atoms with Crippen LogP contribution in [-0.2, 0) is 26.0 Å². The molecule has 1 saturated heterocycles. The van der Waals surface area contributed by atoms with E-state index >= 15 is 0 Å². The van der Waals surface area contributed by atoms with Crippen molar-refractivity contribution in [2.45, 2.75) is 29.9 Å². The van der Waals surface area contributed by atoms with Gasteiger partial charge in [0, 0.05) is 38.7 Å². The lowest BCUT2D eigenvalue weighted by Gasteiger charge is -2.14. The fraction of sp³-hybridized carbons (Fsp3) is 0.692. The van der Waals surface area contributed by atoms with E-state index in [2.05, 4.69) is 5.32 Å². The van der Waals surface area contributed by atoms with Crippen molar-refractivity contribution in [3.63, 3.8) is 0 Å². The molecule has 0 amide bonds. The van der Waals surface area contributed by atoms with E-state index in [-0.39, 0.29) is 12.2 Å². The highest BCUT2D eigenvalue weighted by atomic mass is 32.2. The van der Waals surface area contributed by atoms with Crippen LogP contribution in [0, 0.1) is 0 Å². The van der Waals surface area contributed by atoms with Gasteiger partial charge in [0.15, 0.2) is 0 Å². The van der Waals surface area contributed by atoms with Crippen LogP contribution >= 0.6 is 11.3 Å². The predicted molar refractivity (Wildman–Crippen MR) is 82.1 cm³/mol. The predicted octanol–water partition coefficient (Wildman–Crippen LogP) is 0.892. The number of rotatable bonds is 7. The second-order valence-electron chi connectivity index (χ2n) is 4.87. The molecule has 2 atom stereocenters. The van der Waals surface area contributed by atoms with E-state index in [1.807, 2.05) is 13.0 Å². The van der Waals surface area contributed by atoms with Gasteiger partial charge < -0.3 is 14.8 Å². The number of nitrogens with one attached hydrogen (secondary N) is 1. The summed E-state index contributed by atoms with van der Waals surface area (Å²) in [5.74, 6) is 0. The highest BCUT2D eigenvalue weighted by Gasteiger charge is 2.40. The summed E-state index contributed by atoms with van der Waals surface area (Å²) in [5, 5.41) is 3.19. The molecule has 0 saturated carbocycles. The number of ether oxygens (including phenoxy) is 2. The van der Waals surface area contributed by atoms with Crippen molar-refractivity contribution in [3.05, 3.63) is 17.0 Å². The molecule has 0 radical (unpaired) electrons. The fourth-order valence-corrected chi connectivity index (χ4v) is 5.27. The first kappa shape index (κ1) is 16.9. The van der Waals surface area contributed by atoms with Gasteiger partial charge >= 0.3 is 0 Å². The standard InChI is InChI=1S/C13H22N2O4S2/c1-4-14-7-10-5-6-13(20-10)21(16,17)15-8-11(18-2)12(9-15)19-3/h5-6,11-12,14H,4,7-9H2,1-3H3. The van der Waals surface area contributed by atoms with E-state index in [0.29, 0.717) is 23.8 Å². The lowest BCUT2D eigenvalue weighted by atomic mass is 10.3. The Morgan fingerprint density at radius 1 is 1.29 bits per heavy atom. The number of hydrogen-bond donors (Lipinski definition) is 1. The lowest BCUT2D eigenvalue weighted by molar-refractivity contribution is -0.00461. The number of hydrogen-bond acceptors (Lipinski definition) is 6. The van der Waals surface area contributed by atoms with Gasteiger partial charge in [-0.05, 0) is 18.7 Å². The molecule has 8 heteroatoms. The molecule has 1 N–H and O–H groups in total. The molecule has 1 aromatic heterocycles. The first-order valence-corrected chi connectivity index (χ1v) is 9.13. The molecule has 1 aromatic rings. The third kappa shape index (κ3) is 3.64. The second-order valence-corrected chi connectivity index (χ2v) is 8.20. The second kappa shape index (κ2) is 7.17. The summed E-state index contributed by atoms with van der Waals surface area (Å²) in [6.45, 7) is 4.23. The van der Waals surface area contributed by atoms with Crippen LogP contribution < -0.4 is 5.32 Å². The van der Waals surface area contributed by atoms with Crippen LogP contribution in [-0.4, -0.2) is 58.8 Å². The maximum Gasteiger partial charge on any atom is 0.252 e. The van der Waals surface area contributed by atoms with Crippen molar-refractivity contribution < 1.29 is 17.9 Å². The van der Waals surface area contributed by atoms with Gasteiger partial charge in [-0.1, -0.05) is 6.92 Å². The molecule has 2 heterocycles. The van der Waals surface area contributed by atoms with Crippen molar-refractivity contribution in [2.24, 2.45) is 0 Å². The molecule has 1 fully saturated rings. The summed E-state index contributed by atoms with van der Waals surface area (Å²) in [7, 11) is -0.313. The van der Waals surface area contributed by atoms with Crippen molar-refractivity contribution in [1.29, 1.82) is 0 Å². The Balaban J connectivity index is 2.13. The number of sulfonamides is 1. The van der Waals surface area contributed by atoms with E-state index in [0.717, 1.165) is 11.4 Å². The highest BCUT2D eigenvalue weighted by Crippen LogP contribution is 2.28. The Labute approximate surface area is 130 Å². The molecule has 120 valence electrons. The Bertz CT molecular complexity index is 546. The first-order chi connectivity index (χ1) is 10.0. The summed E-state index contributed by atoms with van der Waals surface area (Å²) in [6, 6.07) is 3.53. The molecule has 0 spiro atoms. The third-order valence-corrected chi connectivity index (χ3v) is 6.95. The van der Waals surface area contributed by atoms with E-state index < -0.39 is 10.0 Å². The minimum atomic E-state index is -3.46. The number of thiophene rings is 1. The molecule has 6 nitrogen and oxygen atoms in total. The van der Waals surface area contributed by atoms with Gasteiger partial charge in [0.05, 0.1) is 12.2 Å². The average molecular weight is 334 g/mol. The maximum absolute atomic E-state index is 12.6. The third-order valence-electron chi connectivity index (χ3n) is 3.57. The monoisotopic (exact) mass is 334 g/mol. The largest absolute Gasteiger partial charge is 0.377 e. The SMILES string of the molecule is CCNCc1ccc(S(=O)(=O)N2CC(OC)C(OC)C2)s1. The quantitative estimate of drug-likeness (QED) is 0.802. The van der Waals surface area contributed by atoms with E-state index in [1.165, 1.54) is 15.6 Å². The molecule has 2 rings (SSSR count). The summed E-state index contributed by atoms with van der Waals surface area (Å²) in [6.07, 6.45) is -0.433. The topological polar surface area (TPSA) is 67.9 Å². The Hall–Kier alpha value is -0.510. The molecular formula is C13H22N2O4S2. The normalized spacial score (nSPS) is 23.8. The van der Waals surface area contributed by atoms with E-state index in [9.17, 15) is 8.42 Å². The average Bonchev–Trinajstić information content (AvgIpc) is 3.11. The molecule has 0 aromatic carbocycles. The van der Waals surface area contributed by atoms with E-state index in [4.69, 9.17) is 9.47 Å². The first-order valence-electron chi connectivity index (χ1n) is 6.88. The molecule has 1 aliphatic rings. The molecular weight excluding hydrogens is 312 g/mol.